The number of carbonyl (C=O) groups excluding carboxylic acids is 3. The molecular weight excluding hydrogens is 586 g/mol. The molecule has 0 aromatic heterocycles. The molecule has 0 bridgehead atoms. The van der Waals surface area contributed by atoms with Crippen molar-refractivity contribution < 1.29 is 23.9 Å². The lowest BCUT2D eigenvalue weighted by atomic mass is 9.34. The number of hydrogen-bond acceptors (Lipinski definition) is 5. The Labute approximate surface area is 283 Å². The molecule has 256 valence electrons. The molecule has 0 radical (unpaired) electrons. The molecule has 3 saturated carbocycles. The Morgan fingerprint density at radius 1 is 0.957 bits per heavy atom. The van der Waals surface area contributed by atoms with Crippen molar-refractivity contribution in [2.75, 3.05) is 19.7 Å². The predicted molar refractivity (Wildman–Crippen MR) is 186 cm³/mol. The molecule has 0 spiro atoms. The van der Waals surface area contributed by atoms with Crippen molar-refractivity contribution in [1.82, 2.24) is 4.90 Å². The quantitative estimate of drug-likeness (QED) is 0.185. The first-order valence-corrected chi connectivity index (χ1v) is 18.1. The summed E-state index contributed by atoms with van der Waals surface area (Å²) in [4.78, 5) is 42.2. The smallest absolute Gasteiger partial charge is 0.415 e. The van der Waals surface area contributed by atoms with E-state index in [0.717, 1.165) is 87.3 Å². The average molecular weight is 644 g/mol. The third-order valence-corrected chi connectivity index (χ3v) is 13.6. The Morgan fingerprint density at radius 2 is 1.62 bits per heavy atom. The molecule has 0 aromatic carbocycles. The molecule has 0 aromatic rings. The fourth-order valence-electron chi connectivity index (χ4n) is 10.2. The Kier molecular flexibility index (Phi) is 9.56. The second-order valence-corrected chi connectivity index (χ2v) is 16.4. The summed E-state index contributed by atoms with van der Waals surface area (Å²) >= 11 is 0. The fourth-order valence-corrected chi connectivity index (χ4v) is 10.2. The maximum Gasteiger partial charge on any atom is 0.415 e. The van der Waals surface area contributed by atoms with E-state index in [1.165, 1.54) is 5.57 Å². The number of allylic oxidation sites excluding steroid dienone is 7. The van der Waals surface area contributed by atoms with Crippen molar-refractivity contribution in [2.45, 2.75) is 126 Å². The minimum atomic E-state index is -0.548. The highest BCUT2D eigenvalue weighted by Gasteiger charge is 2.67. The molecule has 6 heteroatoms. The highest BCUT2D eigenvalue weighted by molar-refractivity contribution is 6.08. The van der Waals surface area contributed by atoms with Crippen molar-refractivity contribution in [3.05, 3.63) is 46.3 Å². The van der Waals surface area contributed by atoms with E-state index >= 15 is 0 Å². The van der Waals surface area contributed by atoms with Crippen molar-refractivity contribution in [3.63, 3.8) is 0 Å². The molecule has 47 heavy (non-hydrogen) atoms. The largest absolute Gasteiger partial charge is 0.452 e. The average Bonchev–Trinajstić information content (AvgIpc) is 3.04. The van der Waals surface area contributed by atoms with Gasteiger partial charge in [0, 0.05) is 24.1 Å². The molecular formula is C41H57NO5. The van der Waals surface area contributed by atoms with Gasteiger partial charge in [-0.15, -0.1) is 6.42 Å². The molecule has 6 atom stereocenters. The SMILES string of the molecule is C#CCOC(=O)[C@]1(C)CC[C@]2(C)CC[C@]3(C)C4=CC=C5C(=CC(=O)C(OC(=O)N(CCCC)CCCC)=C5C)[C@]4(C)CC[C@@]3(C)[C@@H]2C1. The van der Waals surface area contributed by atoms with Gasteiger partial charge in [-0.3, -0.25) is 9.59 Å². The first kappa shape index (κ1) is 35.2. The van der Waals surface area contributed by atoms with Crippen LogP contribution >= 0.6 is 0 Å². The number of ether oxygens (including phenoxy) is 2. The van der Waals surface area contributed by atoms with Crippen LogP contribution in [0.5, 0.6) is 0 Å². The maximum absolute atomic E-state index is 13.8. The van der Waals surface area contributed by atoms with E-state index in [1.807, 2.05) is 6.92 Å². The lowest BCUT2D eigenvalue weighted by Gasteiger charge is -2.70. The maximum atomic E-state index is 13.8. The number of esters is 1. The number of nitrogens with zero attached hydrogens (tertiary/aromatic N) is 1. The number of terminal acetylenes is 1. The normalized spacial score (nSPS) is 35.9. The van der Waals surface area contributed by atoms with Crippen LogP contribution in [0.25, 0.3) is 0 Å². The molecule has 3 fully saturated rings. The fraction of sp³-hybridized carbons (Fsp3) is 0.683. The van der Waals surface area contributed by atoms with E-state index < -0.39 is 11.5 Å². The first-order chi connectivity index (χ1) is 22.1. The Hall–Kier alpha value is -3.07. The van der Waals surface area contributed by atoms with Gasteiger partial charge in [0.25, 0.3) is 0 Å². The van der Waals surface area contributed by atoms with Crippen LogP contribution in [0.15, 0.2) is 46.3 Å². The van der Waals surface area contributed by atoms with Gasteiger partial charge in [0.15, 0.2) is 12.4 Å². The van der Waals surface area contributed by atoms with Crippen LogP contribution in [0.1, 0.15) is 126 Å². The van der Waals surface area contributed by atoms with Crippen LogP contribution in [-0.4, -0.2) is 42.4 Å². The van der Waals surface area contributed by atoms with Crippen LogP contribution in [0, 0.1) is 45.3 Å². The topological polar surface area (TPSA) is 72.9 Å². The van der Waals surface area contributed by atoms with Gasteiger partial charge >= 0.3 is 12.1 Å². The van der Waals surface area contributed by atoms with Gasteiger partial charge in [0.1, 0.15) is 0 Å². The molecule has 5 aliphatic rings. The molecule has 5 rings (SSSR count). The minimum absolute atomic E-state index is 0.0177. The first-order valence-electron chi connectivity index (χ1n) is 18.1. The number of carbonyl (C=O) groups is 3. The zero-order chi connectivity index (χ0) is 34.4. The van der Waals surface area contributed by atoms with Gasteiger partial charge in [0.2, 0.25) is 5.78 Å². The lowest BCUT2D eigenvalue weighted by molar-refractivity contribution is -0.181. The lowest BCUT2D eigenvalue weighted by Crippen LogP contribution is -2.62. The van der Waals surface area contributed by atoms with Crippen LogP contribution in [-0.2, 0) is 19.1 Å². The monoisotopic (exact) mass is 643 g/mol. The molecule has 0 N–H and O–H groups in total. The van der Waals surface area contributed by atoms with E-state index in [-0.39, 0.29) is 45.8 Å². The second-order valence-electron chi connectivity index (χ2n) is 16.4. The number of unbranched alkanes of at least 4 members (excludes halogenated alkanes) is 2. The summed E-state index contributed by atoms with van der Waals surface area (Å²) in [5.74, 6) is 2.57. The van der Waals surface area contributed by atoms with Crippen LogP contribution < -0.4 is 0 Å². The molecule has 0 saturated heterocycles. The summed E-state index contributed by atoms with van der Waals surface area (Å²) in [7, 11) is 0. The van der Waals surface area contributed by atoms with Crippen LogP contribution in [0.3, 0.4) is 0 Å². The van der Waals surface area contributed by atoms with Crippen molar-refractivity contribution in [1.29, 1.82) is 0 Å². The Balaban J connectivity index is 1.48. The Morgan fingerprint density at radius 3 is 2.26 bits per heavy atom. The molecule has 6 nitrogen and oxygen atoms in total. The molecule has 0 aliphatic heterocycles. The summed E-state index contributed by atoms with van der Waals surface area (Å²) in [5.41, 5.74) is 3.34. The van der Waals surface area contributed by atoms with Gasteiger partial charge in [-0.2, -0.15) is 0 Å². The number of hydrogen-bond donors (Lipinski definition) is 0. The van der Waals surface area contributed by atoms with Gasteiger partial charge in [-0.1, -0.05) is 78.0 Å². The van der Waals surface area contributed by atoms with Crippen LogP contribution in [0.2, 0.25) is 0 Å². The van der Waals surface area contributed by atoms with Crippen molar-refractivity contribution in [3.8, 4) is 12.3 Å². The van der Waals surface area contributed by atoms with E-state index in [0.29, 0.717) is 19.0 Å². The van der Waals surface area contributed by atoms with Crippen molar-refractivity contribution in [2.24, 2.45) is 33.0 Å². The number of fused-ring (bicyclic) bond motifs is 7. The summed E-state index contributed by atoms with van der Waals surface area (Å²) in [6, 6.07) is 0. The number of rotatable bonds is 9. The minimum Gasteiger partial charge on any atom is -0.452 e. The number of ketones is 1. The molecule has 5 aliphatic carbocycles. The summed E-state index contributed by atoms with van der Waals surface area (Å²) < 4.78 is 11.4. The zero-order valence-corrected chi connectivity index (χ0v) is 30.3. The summed E-state index contributed by atoms with van der Waals surface area (Å²) in [5, 5.41) is 0. The third kappa shape index (κ3) is 5.64. The standard InChI is InChI=1S/C41H57NO5/c1-10-13-23-42(24-14-11-2)36(45)47-34-28(4)29-15-16-32-39(7,30(29)26-31(34)43)20-22-41(9)33-27-38(6,35(44)46-25-12-3)18-17-37(33,5)19-21-40(32,41)8/h3,15-16,26,33H,10-11,13-14,17-25,27H2,1-2,4-9H3/t33-,37-,38-,39+,40-,41+/m1/s1. The van der Waals surface area contributed by atoms with E-state index in [4.69, 9.17) is 15.9 Å². The van der Waals surface area contributed by atoms with E-state index in [2.05, 4.69) is 66.5 Å². The van der Waals surface area contributed by atoms with Gasteiger partial charge in [-0.25, -0.2) is 4.79 Å². The second kappa shape index (κ2) is 12.8. The third-order valence-electron chi connectivity index (χ3n) is 13.6. The van der Waals surface area contributed by atoms with Gasteiger partial charge < -0.3 is 14.4 Å². The predicted octanol–water partition coefficient (Wildman–Crippen LogP) is 9.27. The number of amides is 1. The molecule has 1 amide bonds. The highest BCUT2D eigenvalue weighted by atomic mass is 16.6. The molecule has 0 heterocycles. The Bertz CT molecular complexity index is 1480. The summed E-state index contributed by atoms with van der Waals surface area (Å²) in [6.07, 6.45) is 21.7. The van der Waals surface area contributed by atoms with Crippen LogP contribution in [0.4, 0.5) is 4.79 Å². The van der Waals surface area contributed by atoms with E-state index in [9.17, 15) is 14.4 Å². The highest BCUT2D eigenvalue weighted by Crippen LogP contribution is 2.75. The molecule has 0 unspecified atom stereocenters. The van der Waals surface area contributed by atoms with Crippen molar-refractivity contribution >= 4 is 17.8 Å². The zero-order valence-electron chi connectivity index (χ0n) is 30.3. The van der Waals surface area contributed by atoms with Gasteiger partial charge in [-0.05, 0) is 111 Å². The van der Waals surface area contributed by atoms with Gasteiger partial charge in [0.05, 0.1) is 5.41 Å². The van der Waals surface area contributed by atoms with E-state index in [1.54, 1.807) is 11.0 Å². The summed E-state index contributed by atoms with van der Waals surface area (Å²) in [6.45, 7) is 19.2.